The molecule has 1 heterocycles. The van der Waals surface area contributed by atoms with Crippen LogP contribution in [-0.4, -0.2) is 37.0 Å². The van der Waals surface area contributed by atoms with Crippen LogP contribution in [0.5, 0.6) is 5.75 Å². The van der Waals surface area contributed by atoms with E-state index in [0.717, 1.165) is 25.3 Å². The average molecular weight is 381 g/mol. The number of amides is 1. The van der Waals surface area contributed by atoms with E-state index in [0.29, 0.717) is 18.7 Å². The van der Waals surface area contributed by atoms with Crippen molar-refractivity contribution in [2.75, 3.05) is 26.2 Å². The molecule has 3 rings (SSSR count). The van der Waals surface area contributed by atoms with Crippen LogP contribution in [0.3, 0.4) is 0 Å². The van der Waals surface area contributed by atoms with Gasteiger partial charge in [0.25, 0.3) is 5.91 Å². The predicted octanol–water partition coefficient (Wildman–Crippen LogP) is 4.74. The molecule has 1 atom stereocenters. The highest BCUT2D eigenvalue weighted by atomic mass is 16.5. The fourth-order valence-electron chi connectivity index (χ4n) is 3.71. The zero-order valence-electron chi connectivity index (χ0n) is 17.1. The lowest BCUT2D eigenvalue weighted by Crippen LogP contribution is -2.40. The third-order valence-electron chi connectivity index (χ3n) is 5.32. The molecule has 4 nitrogen and oxygen atoms in total. The maximum atomic E-state index is 12.8. The van der Waals surface area contributed by atoms with Crippen LogP contribution in [-0.2, 0) is 0 Å². The molecule has 0 saturated carbocycles. The van der Waals surface area contributed by atoms with Crippen molar-refractivity contribution in [3.8, 4) is 5.75 Å². The van der Waals surface area contributed by atoms with Gasteiger partial charge in [0.1, 0.15) is 5.75 Å². The largest absolute Gasteiger partial charge is 0.494 e. The Balaban J connectivity index is 1.68. The summed E-state index contributed by atoms with van der Waals surface area (Å²) in [6, 6.07) is 16.4. The van der Waals surface area contributed by atoms with E-state index in [1.54, 1.807) is 0 Å². The zero-order chi connectivity index (χ0) is 19.8. The van der Waals surface area contributed by atoms with E-state index in [2.05, 4.69) is 48.3 Å². The number of hydrogen-bond acceptors (Lipinski definition) is 3. The van der Waals surface area contributed by atoms with Crippen LogP contribution in [0.4, 0.5) is 0 Å². The number of piperidine rings is 1. The summed E-state index contributed by atoms with van der Waals surface area (Å²) in [6.45, 7) is 7.64. The average Bonchev–Trinajstić information content (AvgIpc) is 2.74. The first-order valence-electron chi connectivity index (χ1n) is 10.5. The number of ether oxygens (including phenoxy) is 1. The fraction of sp³-hybridized carbons (Fsp3) is 0.458. The first kappa shape index (κ1) is 20.4. The molecule has 1 aliphatic rings. The molecule has 28 heavy (non-hydrogen) atoms. The van der Waals surface area contributed by atoms with Gasteiger partial charge in [-0.2, -0.15) is 0 Å². The number of nitrogens with one attached hydrogen (secondary N) is 1. The molecular formula is C24H32N2O2. The monoisotopic (exact) mass is 380 g/mol. The van der Waals surface area contributed by atoms with E-state index >= 15 is 0 Å². The predicted molar refractivity (Wildman–Crippen MR) is 114 cm³/mol. The molecule has 1 unspecified atom stereocenters. The summed E-state index contributed by atoms with van der Waals surface area (Å²) in [5.74, 6) is 0.705. The number of likely N-dealkylation sites (tertiary alicyclic amines) is 1. The van der Waals surface area contributed by atoms with Crippen LogP contribution < -0.4 is 10.1 Å². The number of carbonyl (C=O) groups is 1. The second-order valence-electron chi connectivity index (χ2n) is 7.61. The van der Waals surface area contributed by atoms with Crippen molar-refractivity contribution in [2.45, 2.75) is 45.6 Å². The minimum Gasteiger partial charge on any atom is -0.494 e. The van der Waals surface area contributed by atoms with E-state index in [4.69, 9.17) is 4.74 Å². The van der Waals surface area contributed by atoms with Gasteiger partial charge in [0.2, 0.25) is 0 Å². The Bertz CT molecular complexity index is 751. The minimum atomic E-state index is -0.0453. The summed E-state index contributed by atoms with van der Waals surface area (Å²) < 4.78 is 5.66. The van der Waals surface area contributed by atoms with Crippen LogP contribution >= 0.6 is 0 Å². The molecule has 1 N–H and O–H groups in total. The molecule has 2 aromatic rings. The van der Waals surface area contributed by atoms with Crippen LogP contribution in [0.2, 0.25) is 0 Å². The van der Waals surface area contributed by atoms with Gasteiger partial charge in [-0.15, -0.1) is 0 Å². The third kappa shape index (κ3) is 5.59. The smallest absolute Gasteiger partial charge is 0.251 e. The molecule has 0 aromatic heterocycles. The number of nitrogens with zero attached hydrogens (tertiary/aromatic N) is 1. The van der Waals surface area contributed by atoms with Crippen molar-refractivity contribution < 1.29 is 9.53 Å². The van der Waals surface area contributed by atoms with Crippen LogP contribution in [0.25, 0.3) is 0 Å². The minimum absolute atomic E-state index is 0.0453. The van der Waals surface area contributed by atoms with E-state index in [9.17, 15) is 4.79 Å². The highest BCUT2D eigenvalue weighted by Gasteiger charge is 2.23. The summed E-state index contributed by atoms with van der Waals surface area (Å²) in [4.78, 5) is 15.3. The van der Waals surface area contributed by atoms with Crippen molar-refractivity contribution in [3.05, 3.63) is 65.2 Å². The third-order valence-corrected chi connectivity index (χ3v) is 5.32. The maximum Gasteiger partial charge on any atom is 0.251 e. The molecule has 0 spiro atoms. The number of aryl methyl sites for hydroxylation is 1. The second-order valence-corrected chi connectivity index (χ2v) is 7.61. The van der Waals surface area contributed by atoms with E-state index in [1.807, 2.05) is 24.3 Å². The molecule has 1 amide bonds. The lowest BCUT2D eigenvalue weighted by molar-refractivity contribution is 0.0924. The maximum absolute atomic E-state index is 12.8. The quantitative estimate of drug-likeness (QED) is 0.719. The SMILES string of the molecule is CCCOc1cccc(C(=O)NCC(c2ccc(C)cc2)N2CCCCC2)c1. The van der Waals surface area contributed by atoms with Gasteiger partial charge in [0.15, 0.2) is 0 Å². The highest BCUT2D eigenvalue weighted by molar-refractivity contribution is 5.94. The molecular weight excluding hydrogens is 348 g/mol. The Morgan fingerprint density at radius 2 is 1.86 bits per heavy atom. The summed E-state index contributed by atoms with van der Waals surface area (Å²) in [7, 11) is 0. The molecule has 0 bridgehead atoms. The van der Waals surface area contributed by atoms with E-state index in [1.165, 1.54) is 30.4 Å². The Labute approximate surface area is 168 Å². The highest BCUT2D eigenvalue weighted by Crippen LogP contribution is 2.25. The number of rotatable bonds is 8. The van der Waals surface area contributed by atoms with Gasteiger partial charge in [-0.1, -0.05) is 49.2 Å². The van der Waals surface area contributed by atoms with Gasteiger partial charge in [0.05, 0.1) is 12.6 Å². The van der Waals surface area contributed by atoms with Gasteiger partial charge in [-0.05, 0) is 63.0 Å². The van der Waals surface area contributed by atoms with Crippen LogP contribution in [0.15, 0.2) is 48.5 Å². The molecule has 2 aromatic carbocycles. The zero-order valence-corrected chi connectivity index (χ0v) is 17.1. The van der Waals surface area contributed by atoms with Gasteiger partial charge in [-0.25, -0.2) is 0 Å². The van der Waals surface area contributed by atoms with Crippen LogP contribution in [0.1, 0.15) is 60.1 Å². The topological polar surface area (TPSA) is 41.6 Å². The molecule has 0 radical (unpaired) electrons. The van der Waals surface area contributed by atoms with Crippen molar-refractivity contribution >= 4 is 5.91 Å². The van der Waals surface area contributed by atoms with Crippen molar-refractivity contribution in [1.29, 1.82) is 0 Å². The lowest BCUT2D eigenvalue weighted by atomic mass is 10.0. The molecule has 1 aliphatic heterocycles. The number of benzene rings is 2. The first-order chi connectivity index (χ1) is 13.7. The van der Waals surface area contributed by atoms with Crippen molar-refractivity contribution in [3.63, 3.8) is 0 Å². The van der Waals surface area contributed by atoms with Crippen molar-refractivity contribution in [1.82, 2.24) is 10.2 Å². The second kappa shape index (κ2) is 10.3. The molecule has 1 fully saturated rings. The van der Waals surface area contributed by atoms with E-state index < -0.39 is 0 Å². The van der Waals surface area contributed by atoms with Gasteiger partial charge >= 0.3 is 0 Å². The lowest BCUT2D eigenvalue weighted by Gasteiger charge is -2.35. The van der Waals surface area contributed by atoms with Gasteiger partial charge < -0.3 is 10.1 Å². The standard InChI is InChI=1S/C24H32N2O2/c1-3-16-28-22-9-7-8-21(17-22)24(27)25-18-23(26-14-5-4-6-15-26)20-12-10-19(2)11-13-20/h7-13,17,23H,3-6,14-16,18H2,1-2H3,(H,25,27). The number of hydrogen-bond donors (Lipinski definition) is 1. The molecule has 1 saturated heterocycles. The Morgan fingerprint density at radius 3 is 2.57 bits per heavy atom. The summed E-state index contributed by atoms with van der Waals surface area (Å²) in [6.07, 6.45) is 4.71. The molecule has 150 valence electrons. The summed E-state index contributed by atoms with van der Waals surface area (Å²) in [5.41, 5.74) is 3.18. The first-order valence-corrected chi connectivity index (χ1v) is 10.5. The Hall–Kier alpha value is -2.33. The Morgan fingerprint density at radius 1 is 1.11 bits per heavy atom. The number of carbonyl (C=O) groups excluding carboxylic acids is 1. The van der Waals surface area contributed by atoms with Crippen LogP contribution in [0, 0.1) is 6.92 Å². The van der Waals surface area contributed by atoms with Gasteiger partial charge in [-0.3, -0.25) is 9.69 Å². The molecule has 0 aliphatic carbocycles. The van der Waals surface area contributed by atoms with E-state index in [-0.39, 0.29) is 11.9 Å². The Kier molecular flexibility index (Phi) is 7.49. The summed E-state index contributed by atoms with van der Waals surface area (Å²) >= 11 is 0. The summed E-state index contributed by atoms with van der Waals surface area (Å²) in [5, 5.41) is 3.16. The fourth-order valence-corrected chi connectivity index (χ4v) is 3.71. The van der Waals surface area contributed by atoms with Crippen molar-refractivity contribution in [2.24, 2.45) is 0 Å². The molecule has 4 heteroatoms. The van der Waals surface area contributed by atoms with Gasteiger partial charge in [0, 0.05) is 12.1 Å². The normalized spacial score (nSPS) is 15.8.